The van der Waals surface area contributed by atoms with Gasteiger partial charge in [0.2, 0.25) is 5.91 Å². The van der Waals surface area contributed by atoms with E-state index < -0.39 is 11.2 Å². The number of rotatable bonds is 4. The highest BCUT2D eigenvalue weighted by Crippen LogP contribution is 2.06. The third-order valence-corrected chi connectivity index (χ3v) is 3.40. The summed E-state index contributed by atoms with van der Waals surface area (Å²) in [6, 6.07) is 12.1. The lowest BCUT2D eigenvalue weighted by Gasteiger charge is -2.09. The lowest BCUT2D eigenvalue weighted by molar-refractivity contribution is -0.121. The number of aromatic nitrogens is 3. The first-order valence-corrected chi connectivity index (χ1v) is 7.03. The Morgan fingerprint density at radius 2 is 1.91 bits per heavy atom. The Labute approximate surface area is 130 Å². The fourth-order valence-corrected chi connectivity index (χ4v) is 2.29. The molecule has 7 heteroatoms. The Morgan fingerprint density at radius 3 is 2.70 bits per heavy atom. The van der Waals surface area contributed by atoms with Crippen LogP contribution < -0.4 is 16.6 Å². The van der Waals surface area contributed by atoms with Crippen LogP contribution in [0.5, 0.6) is 0 Å². The lowest BCUT2D eigenvalue weighted by Crippen LogP contribution is -2.36. The van der Waals surface area contributed by atoms with Crippen molar-refractivity contribution in [3.05, 3.63) is 75.2 Å². The molecule has 0 aliphatic rings. The molecule has 23 heavy (non-hydrogen) atoms. The number of benzene rings is 1. The second-order valence-electron chi connectivity index (χ2n) is 4.96. The molecule has 0 bridgehead atoms. The zero-order valence-electron chi connectivity index (χ0n) is 12.2. The molecule has 3 aromatic rings. The Bertz CT molecular complexity index is 960. The van der Waals surface area contributed by atoms with Crippen molar-refractivity contribution < 1.29 is 4.79 Å². The Balaban J connectivity index is 1.83. The van der Waals surface area contributed by atoms with Gasteiger partial charge < -0.3 is 5.32 Å². The zero-order valence-corrected chi connectivity index (χ0v) is 12.2. The van der Waals surface area contributed by atoms with E-state index in [0.29, 0.717) is 10.9 Å². The summed E-state index contributed by atoms with van der Waals surface area (Å²) in [5, 5.41) is 3.07. The average molecular weight is 310 g/mol. The van der Waals surface area contributed by atoms with Crippen LogP contribution in [0.4, 0.5) is 0 Å². The van der Waals surface area contributed by atoms with Gasteiger partial charge in [0, 0.05) is 6.20 Å². The number of hydrogen-bond acceptors (Lipinski definition) is 4. The minimum atomic E-state index is -0.610. The van der Waals surface area contributed by atoms with Gasteiger partial charge in [-0.25, -0.2) is 4.79 Å². The average Bonchev–Trinajstić information content (AvgIpc) is 2.58. The summed E-state index contributed by atoms with van der Waals surface area (Å²) in [7, 11) is 0. The second kappa shape index (κ2) is 6.27. The monoisotopic (exact) mass is 310 g/mol. The van der Waals surface area contributed by atoms with Crippen LogP contribution >= 0.6 is 0 Å². The standard InChI is InChI=1S/C16H14N4O3/c21-14(18-9-11-5-3-4-8-17-11)10-20-13-7-2-1-6-12(13)15(22)19-16(20)23/h1-8H,9-10H2,(H,18,21)(H,19,22,23). The minimum absolute atomic E-state index is 0.178. The molecule has 0 spiro atoms. The molecule has 0 aliphatic carbocycles. The van der Waals surface area contributed by atoms with Gasteiger partial charge in [0.1, 0.15) is 6.54 Å². The quantitative estimate of drug-likeness (QED) is 0.729. The number of H-pyrrole nitrogens is 1. The molecule has 0 fully saturated rings. The van der Waals surface area contributed by atoms with E-state index in [1.165, 1.54) is 4.57 Å². The van der Waals surface area contributed by atoms with Crippen molar-refractivity contribution in [3.8, 4) is 0 Å². The summed E-state index contributed by atoms with van der Waals surface area (Å²) in [6.07, 6.45) is 1.64. The Kier molecular flexibility index (Phi) is 4.01. The molecule has 0 saturated heterocycles. The van der Waals surface area contributed by atoms with Crippen molar-refractivity contribution in [3.63, 3.8) is 0 Å². The van der Waals surface area contributed by atoms with E-state index in [1.54, 1.807) is 42.6 Å². The van der Waals surface area contributed by atoms with Crippen molar-refractivity contribution in [2.24, 2.45) is 0 Å². The van der Waals surface area contributed by atoms with Crippen molar-refractivity contribution in [1.29, 1.82) is 0 Å². The van der Waals surface area contributed by atoms with Gasteiger partial charge >= 0.3 is 5.69 Å². The largest absolute Gasteiger partial charge is 0.349 e. The molecule has 0 aliphatic heterocycles. The summed E-state index contributed by atoms with van der Waals surface area (Å²) in [5.74, 6) is -0.338. The van der Waals surface area contributed by atoms with E-state index in [4.69, 9.17) is 0 Å². The van der Waals surface area contributed by atoms with E-state index in [1.807, 2.05) is 6.07 Å². The Morgan fingerprint density at radius 1 is 1.13 bits per heavy atom. The smallest absolute Gasteiger partial charge is 0.329 e. The summed E-state index contributed by atoms with van der Waals surface area (Å²) in [4.78, 5) is 42.2. The zero-order chi connectivity index (χ0) is 16.2. The van der Waals surface area contributed by atoms with Crippen molar-refractivity contribution in [2.75, 3.05) is 0 Å². The molecule has 2 aromatic heterocycles. The minimum Gasteiger partial charge on any atom is -0.349 e. The van der Waals surface area contributed by atoms with Crippen LogP contribution in [0.1, 0.15) is 5.69 Å². The molecular formula is C16H14N4O3. The van der Waals surface area contributed by atoms with E-state index in [-0.39, 0.29) is 19.0 Å². The number of nitrogens with one attached hydrogen (secondary N) is 2. The number of pyridine rings is 1. The lowest BCUT2D eigenvalue weighted by atomic mass is 10.2. The molecule has 7 nitrogen and oxygen atoms in total. The molecular weight excluding hydrogens is 296 g/mol. The van der Waals surface area contributed by atoms with Gasteiger partial charge in [0.25, 0.3) is 5.56 Å². The number of hydrogen-bond donors (Lipinski definition) is 2. The van der Waals surface area contributed by atoms with Gasteiger partial charge in [-0.05, 0) is 24.3 Å². The SMILES string of the molecule is O=C(Cn1c(=O)[nH]c(=O)c2ccccc21)NCc1ccccn1. The molecule has 0 saturated carbocycles. The molecule has 1 aromatic carbocycles. The number of carbonyl (C=O) groups is 1. The predicted octanol–water partition coefficient (Wildman–Crippen LogP) is 0.401. The van der Waals surface area contributed by atoms with E-state index in [2.05, 4.69) is 15.3 Å². The van der Waals surface area contributed by atoms with Crippen molar-refractivity contribution in [1.82, 2.24) is 19.9 Å². The number of aromatic amines is 1. The van der Waals surface area contributed by atoms with Crippen LogP contribution in [0.3, 0.4) is 0 Å². The number of carbonyl (C=O) groups excluding carboxylic acids is 1. The molecule has 0 unspecified atom stereocenters. The first-order chi connectivity index (χ1) is 11.1. The molecule has 3 rings (SSSR count). The third-order valence-electron chi connectivity index (χ3n) is 3.40. The number of amides is 1. The van der Waals surface area contributed by atoms with Crippen LogP contribution in [0.2, 0.25) is 0 Å². The normalized spacial score (nSPS) is 10.6. The van der Waals surface area contributed by atoms with Gasteiger partial charge in [-0.2, -0.15) is 0 Å². The maximum absolute atomic E-state index is 12.1. The molecule has 2 N–H and O–H groups in total. The van der Waals surface area contributed by atoms with Gasteiger partial charge in [0.15, 0.2) is 0 Å². The molecule has 0 atom stereocenters. The van der Waals surface area contributed by atoms with Gasteiger partial charge in [-0.15, -0.1) is 0 Å². The number of fused-ring (bicyclic) bond motifs is 1. The summed E-state index contributed by atoms with van der Waals surface area (Å²) >= 11 is 0. The Hall–Kier alpha value is -3.22. The maximum Gasteiger partial charge on any atom is 0.329 e. The van der Waals surface area contributed by atoms with E-state index >= 15 is 0 Å². The van der Waals surface area contributed by atoms with Gasteiger partial charge in [0.05, 0.1) is 23.1 Å². The topological polar surface area (TPSA) is 96.9 Å². The van der Waals surface area contributed by atoms with Crippen LogP contribution in [0.15, 0.2) is 58.3 Å². The first-order valence-electron chi connectivity index (χ1n) is 7.03. The summed E-state index contributed by atoms with van der Waals surface area (Å²) < 4.78 is 1.24. The fraction of sp³-hybridized carbons (Fsp3) is 0.125. The van der Waals surface area contributed by atoms with Crippen LogP contribution in [0, 0.1) is 0 Å². The van der Waals surface area contributed by atoms with Gasteiger partial charge in [-0.3, -0.25) is 24.1 Å². The van der Waals surface area contributed by atoms with Crippen LogP contribution in [-0.2, 0) is 17.9 Å². The van der Waals surface area contributed by atoms with E-state index in [9.17, 15) is 14.4 Å². The van der Waals surface area contributed by atoms with Crippen LogP contribution in [0.25, 0.3) is 10.9 Å². The molecule has 2 heterocycles. The highest BCUT2D eigenvalue weighted by atomic mass is 16.2. The summed E-state index contributed by atoms with van der Waals surface area (Å²) in [6.45, 7) is 0.0959. The van der Waals surface area contributed by atoms with Crippen molar-refractivity contribution >= 4 is 16.8 Å². The highest BCUT2D eigenvalue weighted by molar-refractivity contribution is 5.81. The number of nitrogens with zero attached hydrogens (tertiary/aromatic N) is 2. The predicted molar refractivity (Wildman–Crippen MR) is 84.9 cm³/mol. The third kappa shape index (κ3) is 3.18. The highest BCUT2D eigenvalue weighted by Gasteiger charge is 2.10. The summed E-state index contributed by atoms with van der Waals surface area (Å²) in [5.41, 5.74) is 0.0752. The second-order valence-corrected chi connectivity index (χ2v) is 4.96. The van der Waals surface area contributed by atoms with Gasteiger partial charge in [-0.1, -0.05) is 18.2 Å². The maximum atomic E-state index is 12.1. The van der Waals surface area contributed by atoms with Crippen LogP contribution in [-0.4, -0.2) is 20.4 Å². The molecule has 116 valence electrons. The molecule has 0 radical (unpaired) electrons. The number of para-hydroxylation sites is 1. The first kappa shape index (κ1) is 14.7. The van der Waals surface area contributed by atoms with E-state index in [0.717, 1.165) is 5.69 Å². The van der Waals surface area contributed by atoms with Crippen molar-refractivity contribution in [2.45, 2.75) is 13.1 Å². The fourth-order valence-electron chi connectivity index (χ4n) is 2.29. The molecule has 1 amide bonds.